The molecule has 0 bridgehead atoms. The Morgan fingerprint density at radius 3 is 1.25 bits per heavy atom. The minimum absolute atomic E-state index is 0. The average Bonchev–Trinajstić information content (AvgIpc) is 2.31. The summed E-state index contributed by atoms with van der Waals surface area (Å²) in [7, 11) is -3.46. The molecule has 0 aliphatic heterocycles. The van der Waals surface area contributed by atoms with Crippen LogP contribution < -0.4 is 10.4 Å². The van der Waals surface area contributed by atoms with Crippen LogP contribution in [0.2, 0.25) is 0 Å². The third-order valence-corrected chi connectivity index (χ3v) is 4.63. The Labute approximate surface area is 100 Å². The first-order valence-electron chi connectivity index (χ1n) is 4.77. The zero-order valence-corrected chi connectivity index (χ0v) is 9.17. The smallest absolute Gasteiger partial charge is 0.401 e. The standard InChI is InChI=1S/C12H12O2Si.H4Si/c13-15(14,11-7-3-1-4-8-11)12-9-5-2-6-10-12;/h1-10,13-14H;1H4. The summed E-state index contributed by atoms with van der Waals surface area (Å²) in [5, 5.41) is 1.22. The molecule has 2 aromatic carbocycles. The molecule has 0 aromatic heterocycles. The Morgan fingerprint density at radius 2 is 0.938 bits per heavy atom. The normalized spacial score (nSPS) is 10.6. The van der Waals surface area contributed by atoms with Gasteiger partial charge in [-0.1, -0.05) is 60.7 Å². The van der Waals surface area contributed by atoms with E-state index < -0.39 is 8.56 Å². The lowest BCUT2D eigenvalue weighted by molar-refractivity contribution is 0.401. The van der Waals surface area contributed by atoms with Crippen molar-refractivity contribution in [2.75, 3.05) is 0 Å². The first kappa shape index (κ1) is 12.9. The van der Waals surface area contributed by atoms with Crippen LogP contribution in [0.1, 0.15) is 0 Å². The zero-order valence-electron chi connectivity index (χ0n) is 8.17. The van der Waals surface area contributed by atoms with Crippen molar-refractivity contribution in [2.45, 2.75) is 0 Å². The van der Waals surface area contributed by atoms with Crippen molar-refractivity contribution in [3.8, 4) is 0 Å². The van der Waals surface area contributed by atoms with Gasteiger partial charge < -0.3 is 9.59 Å². The van der Waals surface area contributed by atoms with Crippen LogP contribution >= 0.6 is 0 Å². The van der Waals surface area contributed by atoms with Gasteiger partial charge in [0, 0.05) is 0 Å². The molecular formula is C12H16O2Si2. The average molecular weight is 248 g/mol. The van der Waals surface area contributed by atoms with Gasteiger partial charge in [0.25, 0.3) is 0 Å². The van der Waals surface area contributed by atoms with Gasteiger partial charge in [0.05, 0.1) is 0 Å². The molecule has 0 fully saturated rings. The predicted octanol–water partition coefficient (Wildman–Crippen LogP) is -1.22. The van der Waals surface area contributed by atoms with Gasteiger partial charge in [-0.25, -0.2) is 0 Å². The van der Waals surface area contributed by atoms with Gasteiger partial charge in [-0.2, -0.15) is 0 Å². The molecule has 84 valence electrons. The van der Waals surface area contributed by atoms with Crippen molar-refractivity contribution in [1.82, 2.24) is 0 Å². The van der Waals surface area contributed by atoms with Crippen molar-refractivity contribution in [3.63, 3.8) is 0 Å². The molecule has 0 saturated heterocycles. The summed E-state index contributed by atoms with van der Waals surface area (Å²) in [6, 6.07) is 18.0. The van der Waals surface area contributed by atoms with E-state index in [1.807, 2.05) is 36.4 Å². The molecule has 0 aliphatic carbocycles. The maximum atomic E-state index is 10.2. The summed E-state index contributed by atoms with van der Waals surface area (Å²) in [4.78, 5) is 20.3. The van der Waals surface area contributed by atoms with Crippen LogP contribution in [-0.2, 0) is 0 Å². The Bertz CT molecular complexity index is 388. The summed E-state index contributed by atoms with van der Waals surface area (Å²) in [5.41, 5.74) is 0. The predicted molar refractivity (Wildman–Crippen MR) is 73.7 cm³/mol. The van der Waals surface area contributed by atoms with Crippen LogP contribution in [0, 0.1) is 0 Å². The Balaban J connectivity index is 0.00000128. The summed E-state index contributed by atoms with van der Waals surface area (Å²) in [6.45, 7) is 0. The molecule has 0 spiro atoms. The second kappa shape index (κ2) is 5.22. The van der Waals surface area contributed by atoms with Gasteiger partial charge >= 0.3 is 8.56 Å². The lowest BCUT2D eigenvalue weighted by atomic mass is 10.4. The topological polar surface area (TPSA) is 40.5 Å². The molecule has 2 nitrogen and oxygen atoms in total. The molecule has 0 amide bonds. The summed E-state index contributed by atoms with van der Waals surface area (Å²) < 4.78 is 0. The molecule has 0 atom stereocenters. The maximum absolute atomic E-state index is 10.2. The Morgan fingerprint density at radius 1 is 0.625 bits per heavy atom. The maximum Gasteiger partial charge on any atom is 0.401 e. The molecule has 0 aliphatic rings. The fourth-order valence-corrected chi connectivity index (χ4v) is 3.16. The van der Waals surface area contributed by atoms with E-state index in [0.717, 1.165) is 0 Å². The van der Waals surface area contributed by atoms with Crippen LogP contribution in [0.4, 0.5) is 0 Å². The summed E-state index contributed by atoms with van der Waals surface area (Å²) in [5.74, 6) is 0. The van der Waals surface area contributed by atoms with E-state index in [1.54, 1.807) is 24.3 Å². The van der Waals surface area contributed by atoms with Crippen molar-refractivity contribution in [3.05, 3.63) is 60.7 Å². The van der Waals surface area contributed by atoms with Crippen LogP contribution in [0.5, 0.6) is 0 Å². The van der Waals surface area contributed by atoms with E-state index in [9.17, 15) is 9.59 Å². The number of benzene rings is 2. The van der Waals surface area contributed by atoms with Crippen molar-refractivity contribution >= 4 is 29.9 Å². The molecular weight excluding hydrogens is 232 g/mol. The van der Waals surface area contributed by atoms with Gasteiger partial charge in [-0.3, -0.25) is 0 Å². The highest BCUT2D eigenvalue weighted by Gasteiger charge is 2.33. The second-order valence-electron chi connectivity index (χ2n) is 3.40. The van der Waals surface area contributed by atoms with Crippen LogP contribution in [-0.4, -0.2) is 29.1 Å². The van der Waals surface area contributed by atoms with Gasteiger partial charge in [-0.15, -0.1) is 0 Å². The lowest BCUT2D eigenvalue weighted by Gasteiger charge is -2.18. The van der Waals surface area contributed by atoms with Crippen LogP contribution in [0.15, 0.2) is 60.7 Å². The number of hydrogen-bond donors (Lipinski definition) is 2. The van der Waals surface area contributed by atoms with Crippen molar-refractivity contribution in [1.29, 1.82) is 0 Å². The lowest BCUT2D eigenvalue weighted by Crippen LogP contribution is -2.59. The minimum Gasteiger partial charge on any atom is -0.404 e. The highest BCUT2D eigenvalue weighted by Crippen LogP contribution is 1.97. The SMILES string of the molecule is O[Si](O)(c1ccccc1)c1ccccc1.[SiH4]. The third kappa shape index (κ3) is 2.48. The Kier molecular flexibility index (Phi) is 4.20. The first-order chi connectivity index (χ1) is 7.21. The van der Waals surface area contributed by atoms with E-state index >= 15 is 0 Å². The fourth-order valence-electron chi connectivity index (χ4n) is 1.51. The molecule has 2 aromatic rings. The van der Waals surface area contributed by atoms with Crippen molar-refractivity contribution < 1.29 is 9.59 Å². The van der Waals surface area contributed by atoms with E-state index in [4.69, 9.17) is 0 Å². The third-order valence-electron chi connectivity index (χ3n) is 2.35. The molecule has 16 heavy (non-hydrogen) atoms. The molecule has 0 radical (unpaired) electrons. The van der Waals surface area contributed by atoms with Crippen LogP contribution in [0.25, 0.3) is 0 Å². The van der Waals surface area contributed by atoms with E-state index in [0.29, 0.717) is 10.4 Å². The summed E-state index contributed by atoms with van der Waals surface area (Å²) in [6.07, 6.45) is 0. The largest absolute Gasteiger partial charge is 0.404 e. The monoisotopic (exact) mass is 248 g/mol. The minimum atomic E-state index is -3.46. The number of rotatable bonds is 2. The zero-order chi connectivity index (χ0) is 10.7. The number of hydrogen-bond acceptors (Lipinski definition) is 2. The quantitative estimate of drug-likeness (QED) is 0.654. The second-order valence-corrected chi connectivity index (χ2v) is 5.90. The molecule has 0 saturated carbocycles. The molecule has 0 heterocycles. The fraction of sp³-hybridized carbons (Fsp3) is 0. The van der Waals surface area contributed by atoms with Gasteiger partial charge in [-0.05, 0) is 21.3 Å². The summed E-state index contributed by atoms with van der Waals surface area (Å²) >= 11 is 0. The molecule has 2 N–H and O–H groups in total. The van der Waals surface area contributed by atoms with Gasteiger partial charge in [0.15, 0.2) is 0 Å². The first-order valence-corrected chi connectivity index (χ1v) is 6.66. The highest BCUT2D eigenvalue weighted by molar-refractivity contribution is 6.90. The Hall–Kier alpha value is -1.21. The van der Waals surface area contributed by atoms with Gasteiger partial charge in [0.1, 0.15) is 0 Å². The molecule has 0 unspecified atom stereocenters. The molecule has 4 heteroatoms. The van der Waals surface area contributed by atoms with E-state index in [1.165, 1.54) is 0 Å². The van der Waals surface area contributed by atoms with Crippen molar-refractivity contribution in [2.24, 2.45) is 0 Å². The van der Waals surface area contributed by atoms with E-state index in [2.05, 4.69) is 0 Å². The van der Waals surface area contributed by atoms with E-state index in [-0.39, 0.29) is 11.0 Å². The van der Waals surface area contributed by atoms with Gasteiger partial charge in [0.2, 0.25) is 0 Å². The highest BCUT2D eigenvalue weighted by atomic mass is 28.4. The molecule has 2 rings (SSSR count). The van der Waals surface area contributed by atoms with Crippen LogP contribution in [0.3, 0.4) is 0 Å².